The fourth-order valence-electron chi connectivity index (χ4n) is 24.4. The predicted octanol–water partition coefficient (Wildman–Crippen LogP) is 25.3. The number of nitrogens with zero attached hydrogens (tertiary/aromatic N) is 4. The van der Waals surface area contributed by atoms with Crippen LogP contribution in [0.25, 0.3) is 127 Å². The summed E-state index contributed by atoms with van der Waals surface area (Å²) in [5.41, 5.74) is 29.0. The Kier molecular flexibility index (Phi) is 14.0. The van der Waals surface area contributed by atoms with Crippen molar-refractivity contribution < 1.29 is 0 Å². The quantitative estimate of drug-likeness (QED) is 0.107. The standard InChI is InChI=1S/C104H91BN4/c1-102(2,3)75-37-40-78(41-38-75)108-89-43-39-77(103(4,5)6)57-87(89)105-88-54-71(80-24-14-13-23-79(80)66-19-9-7-10-20-66)53-86-96-90(44-42-85-83-27-16-15-25-81(83)82-26-17-18-28-84(82)95(85)96)109(100(86)88)92-56-74(55-91(108)97(92)105)94-98(68-31-29-67(30-32-68)93-72-49-61-45-62(51-72)52-73(93)50-61)106-101(70-21-11-8-12-22-70)107-99(94)69-33-35-76(36-34-69)104-58-63-46-64(59-104)48-65(47-63)60-104/h7-44,53-57,61-65,72-73,93H,45-52,58-60H2,1-6H3. The van der Waals surface area contributed by atoms with Crippen LogP contribution in [0.2, 0.25) is 0 Å². The molecule has 25 rings (SSSR count). The van der Waals surface area contributed by atoms with Crippen LogP contribution in [-0.4, -0.2) is 21.2 Å². The van der Waals surface area contributed by atoms with Gasteiger partial charge in [0.15, 0.2) is 5.82 Å². The first kappa shape index (κ1) is 64.4. The molecule has 5 heteroatoms. The molecule has 0 saturated heterocycles. The second-order valence-electron chi connectivity index (χ2n) is 37.0. The number of benzene rings is 13. The zero-order valence-electron chi connectivity index (χ0n) is 63.6. The van der Waals surface area contributed by atoms with Gasteiger partial charge < -0.3 is 9.47 Å². The molecule has 0 amide bonds. The second-order valence-corrected chi connectivity index (χ2v) is 37.0. The maximum atomic E-state index is 6.05. The van der Waals surface area contributed by atoms with Gasteiger partial charge in [-0.1, -0.05) is 260 Å². The fraction of sp³-hybridized carbons (Fsp3) is 0.269. The van der Waals surface area contributed by atoms with Crippen molar-refractivity contribution in [2.75, 3.05) is 4.90 Å². The smallest absolute Gasteiger partial charge is 0.252 e. The molecule has 2 aliphatic heterocycles. The summed E-state index contributed by atoms with van der Waals surface area (Å²) in [6.45, 7) is 14.0. The van der Waals surface area contributed by atoms with E-state index in [0.29, 0.717) is 5.92 Å². The molecular formula is C104H91BN4. The van der Waals surface area contributed by atoms with E-state index < -0.39 is 0 Å². The highest BCUT2D eigenvalue weighted by atomic mass is 15.2. The molecule has 4 heterocycles. The molecule has 0 spiro atoms. The highest BCUT2D eigenvalue weighted by Gasteiger charge is 2.53. The number of aromatic nitrogens is 3. The number of hydrogen-bond acceptors (Lipinski definition) is 3. The van der Waals surface area contributed by atoms with E-state index in [-0.39, 0.29) is 23.0 Å². The molecule has 8 bridgehead atoms. The molecule has 8 aliphatic carbocycles. The van der Waals surface area contributed by atoms with Crippen molar-refractivity contribution in [2.45, 2.75) is 134 Å². The summed E-state index contributed by atoms with van der Waals surface area (Å²) in [6.07, 6.45) is 15.3. The van der Waals surface area contributed by atoms with Crippen LogP contribution in [0.15, 0.2) is 261 Å². The van der Waals surface area contributed by atoms with Crippen LogP contribution >= 0.6 is 0 Å². The molecule has 0 unspecified atom stereocenters. The van der Waals surface area contributed by atoms with E-state index in [4.69, 9.17) is 9.97 Å². The molecular weight excluding hydrogens is 1320 g/mol. The van der Waals surface area contributed by atoms with E-state index in [1.165, 1.54) is 203 Å². The zero-order chi connectivity index (χ0) is 72.5. The van der Waals surface area contributed by atoms with Crippen LogP contribution in [0, 0.1) is 41.4 Å². The second kappa shape index (κ2) is 23.7. The first-order valence-electron chi connectivity index (χ1n) is 41.1. The summed E-state index contributed by atoms with van der Waals surface area (Å²) in [6, 6.07) is 102. The Balaban J connectivity index is 0.856. The first-order chi connectivity index (χ1) is 53.2. The summed E-state index contributed by atoms with van der Waals surface area (Å²) in [7, 11) is 0. The van der Waals surface area contributed by atoms with Gasteiger partial charge in [-0.2, -0.15) is 0 Å². The van der Waals surface area contributed by atoms with Gasteiger partial charge in [0.1, 0.15) is 0 Å². The summed E-state index contributed by atoms with van der Waals surface area (Å²) >= 11 is 0. The Morgan fingerprint density at radius 3 is 1.51 bits per heavy atom. The lowest BCUT2D eigenvalue weighted by atomic mass is 9.33. The minimum atomic E-state index is -0.182. The molecule has 13 aromatic carbocycles. The molecule has 8 saturated carbocycles. The maximum absolute atomic E-state index is 6.05. The van der Waals surface area contributed by atoms with Crippen LogP contribution in [0.3, 0.4) is 0 Å². The van der Waals surface area contributed by atoms with Gasteiger partial charge in [-0.05, 0) is 270 Å². The van der Waals surface area contributed by atoms with Crippen LogP contribution < -0.4 is 21.3 Å². The average Bonchev–Trinajstić information content (AvgIpc) is 1.50. The minimum absolute atomic E-state index is 0.0483. The van der Waals surface area contributed by atoms with Gasteiger partial charge in [-0.3, -0.25) is 0 Å². The van der Waals surface area contributed by atoms with E-state index >= 15 is 0 Å². The molecule has 2 aromatic heterocycles. The average molecular weight is 1410 g/mol. The lowest BCUT2D eigenvalue weighted by molar-refractivity contribution is -0.00518. The molecule has 109 heavy (non-hydrogen) atoms. The maximum Gasteiger partial charge on any atom is 0.252 e. The van der Waals surface area contributed by atoms with E-state index in [2.05, 4.69) is 312 Å². The van der Waals surface area contributed by atoms with Crippen molar-refractivity contribution >= 4 is 94.3 Å². The van der Waals surface area contributed by atoms with Crippen molar-refractivity contribution in [1.82, 2.24) is 14.5 Å². The van der Waals surface area contributed by atoms with Crippen LogP contribution in [-0.2, 0) is 16.2 Å². The molecule has 0 atom stereocenters. The van der Waals surface area contributed by atoms with Gasteiger partial charge in [0.2, 0.25) is 0 Å². The van der Waals surface area contributed by atoms with Gasteiger partial charge in [0.05, 0.1) is 16.9 Å². The number of anilines is 3. The Morgan fingerprint density at radius 1 is 0.376 bits per heavy atom. The van der Waals surface area contributed by atoms with Crippen molar-refractivity contribution in [3.8, 4) is 73.0 Å². The van der Waals surface area contributed by atoms with Crippen LogP contribution in [0.4, 0.5) is 17.1 Å². The largest absolute Gasteiger partial charge is 0.311 e. The lowest BCUT2D eigenvalue weighted by Crippen LogP contribution is -2.60. The topological polar surface area (TPSA) is 34.0 Å². The molecule has 10 aliphatic rings. The van der Waals surface area contributed by atoms with Crippen LogP contribution in [0.5, 0.6) is 0 Å². The van der Waals surface area contributed by atoms with Gasteiger partial charge in [0, 0.05) is 66.7 Å². The highest BCUT2D eigenvalue weighted by Crippen LogP contribution is 2.63. The summed E-state index contributed by atoms with van der Waals surface area (Å²) in [5, 5.41) is 10.2. The third-order valence-electron chi connectivity index (χ3n) is 28.6. The molecule has 8 fully saturated rings. The molecule has 4 nitrogen and oxygen atoms in total. The Morgan fingerprint density at radius 2 is 0.899 bits per heavy atom. The number of rotatable bonds is 9. The SMILES string of the molecule is CC(C)(C)c1ccc(N2c3ccc(C(C)(C)C)cc3B3c4c2cc(-c2c(-c5ccc(C6C7CC8CC(C7)CC6C8)cc5)nc(-c5ccccc5)nc2-c2ccc(C56CC7CC(CC(C7)C5)C6)cc2)cc4-n2c4ccc5c6ccccc6c6ccccc6c5c4c4cc(-c5ccccc5-c5ccccc5)cc3c42)cc1. The third kappa shape index (κ3) is 9.89. The van der Waals surface area contributed by atoms with Crippen LogP contribution in [0.1, 0.15) is 140 Å². The van der Waals surface area contributed by atoms with Gasteiger partial charge in [0.25, 0.3) is 6.71 Å². The third-order valence-corrected chi connectivity index (χ3v) is 28.6. The minimum Gasteiger partial charge on any atom is -0.311 e. The van der Waals surface area contributed by atoms with Crippen molar-refractivity contribution in [3.05, 3.63) is 283 Å². The summed E-state index contributed by atoms with van der Waals surface area (Å²) < 4.78 is 2.74. The Labute approximate surface area is 641 Å². The van der Waals surface area contributed by atoms with E-state index in [9.17, 15) is 0 Å². The summed E-state index contributed by atoms with van der Waals surface area (Å²) in [4.78, 5) is 14.8. The molecule has 530 valence electrons. The highest BCUT2D eigenvalue weighted by molar-refractivity contribution is 7.00. The predicted molar refractivity (Wildman–Crippen MR) is 458 cm³/mol. The number of hydrogen-bond donors (Lipinski definition) is 0. The fourth-order valence-corrected chi connectivity index (χ4v) is 24.4. The molecule has 0 radical (unpaired) electrons. The normalized spacial score (nSPS) is 22.7. The van der Waals surface area contributed by atoms with Crippen molar-refractivity contribution in [2.24, 2.45) is 41.4 Å². The van der Waals surface area contributed by atoms with E-state index in [0.717, 1.165) is 92.1 Å². The van der Waals surface area contributed by atoms with Gasteiger partial charge in [-0.15, -0.1) is 0 Å². The van der Waals surface area contributed by atoms with E-state index in [1.54, 1.807) is 0 Å². The van der Waals surface area contributed by atoms with Gasteiger partial charge >= 0.3 is 0 Å². The Bertz CT molecular complexity index is 6190. The lowest BCUT2D eigenvalue weighted by Gasteiger charge is -2.57. The Hall–Kier alpha value is -10.6. The zero-order valence-corrected chi connectivity index (χ0v) is 63.6. The molecule has 15 aromatic rings. The number of fused-ring (bicyclic) bond motifs is 14. The van der Waals surface area contributed by atoms with Gasteiger partial charge in [-0.25, -0.2) is 9.97 Å². The summed E-state index contributed by atoms with van der Waals surface area (Å²) in [5.74, 6) is 7.28. The first-order valence-corrected chi connectivity index (χ1v) is 41.1. The van der Waals surface area contributed by atoms with Crippen molar-refractivity contribution in [3.63, 3.8) is 0 Å². The van der Waals surface area contributed by atoms with Crippen molar-refractivity contribution in [1.29, 1.82) is 0 Å². The molecule has 0 N–H and O–H groups in total. The monoisotopic (exact) mass is 1410 g/mol. The van der Waals surface area contributed by atoms with E-state index in [1.807, 2.05) is 0 Å².